The van der Waals surface area contributed by atoms with E-state index in [1.807, 2.05) is 44.2 Å². The maximum atomic E-state index is 11.7. The van der Waals surface area contributed by atoms with Gasteiger partial charge in [-0.15, -0.1) is 0 Å². The minimum Gasteiger partial charge on any atom is -0.484 e. The highest BCUT2D eigenvalue weighted by atomic mass is 35.5. The highest BCUT2D eigenvalue weighted by Gasteiger charge is 2.05. The normalized spacial score (nSPS) is 10.7. The second-order valence-corrected chi connectivity index (χ2v) is 5.57. The van der Waals surface area contributed by atoms with E-state index in [-0.39, 0.29) is 12.5 Å². The molecule has 0 aliphatic rings. The summed E-state index contributed by atoms with van der Waals surface area (Å²) in [4.78, 5) is 11.7. The van der Waals surface area contributed by atoms with Crippen LogP contribution in [0.1, 0.15) is 16.7 Å². The van der Waals surface area contributed by atoms with Crippen LogP contribution in [0.5, 0.6) is 5.75 Å². The van der Waals surface area contributed by atoms with Crippen molar-refractivity contribution >= 4 is 23.7 Å². The molecule has 0 aliphatic carbocycles. The molecule has 1 amide bonds. The third kappa shape index (κ3) is 5.42. The van der Waals surface area contributed by atoms with Crippen LogP contribution in [0, 0.1) is 13.8 Å². The van der Waals surface area contributed by atoms with Gasteiger partial charge in [0, 0.05) is 17.7 Å². The number of ether oxygens (including phenoxy) is 1. The molecule has 2 rings (SSSR count). The van der Waals surface area contributed by atoms with Crippen LogP contribution in [-0.4, -0.2) is 18.7 Å². The Morgan fingerprint density at radius 2 is 1.87 bits per heavy atom. The largest absolute Gasteiger partial charge is 0.484 e. The van der Waals surface area contributed by atoms with Gasteiger partial charge in [0.15, 0.2) is 6.61 Å². The molecule has 2 aromatic rings. The molecule has 0 saturated heterocycles. The van der Waals surface area contributed by atoms with Crippen molar-refractivity contribution in [1.29, 1.82) is 0 Å². The summed E-state index contributed by atoms with van der Waals surface area (Å²) >= 11 is 6.09. The molecule has 5 heteroatoms. The fourth-order valence-electron chi connectivity index (χ4n) is 2.05. The first kappa shape index (κ1) is 17.0. The molecule has 0 unspecified atom stereocenters. The van der Waals surface area contributed by atoms with Gasteiger partial charge in [0.1, 0.15) is 5.75 Å². The van der Waals surface area contributed by atoms with E-state index in [4.69, 9.17) is 16.3 Å². The van der Waals surface area contributed by atoms with Crippen LogP contribution < -0.4 is 10.2 Å². The van der Waals surface area contributed by atoms with Crippen molar-refractivity contribution in [1.82, 2.24) is 5.43 Å². The lowest BCUT2D eigenvalue weighted by molar-refractivity contribution is -0.123. The third-order valence-electron chi connectivity index (χ3n) is 3.23. The first-order valence-corrected chi connectivity index (χ1v) is 7.68. The van der Waals surface area contributed by atoms with Gasteiger partial charge in [0.2, 0.25) is 0 Å². The molecule has 0 heterocycles. The van der Waals surface area contributed by atoms with Crippen molar-refractivity contribution in [2.75, 3.05) is 6.61 Å². The van der Waals surface area contributed by atoms with Crippen LogP contribution in [0.3, 0.4) is 0 Å². The number of rotatable bonds is 6. The number of nitrogens with one attached hydrogen (secondary N) is 1. The Kier molecular flexibility index (Phi) is 6.18. The van der Waals surface area contributed by atoms with E-state index in [0.717, 1.165) is 16.7 Å². The molecule has 0 atom stereocenters. The minimum atomic E-state index is -0.306. The monoisotopic (exact) mass is 330 g/mol. The Balaban J connectivity index is 1.77. The lowest BCUT2D eigenvalue weighted by Gasteiger charge is -2.09. The van der Waals surface area contributed by atoms with Crippen molar-refractivity contribution in [3.8, 4) is 5.75 Å². The van der Waals surface area contributed by atoms with E-state index in [0.29, 0.717) is 17.2 Å². The predicted octanol–water partition coefficient (Wildman–Crippen LogP) is 3.68. The number of hydrogen-bond acceptors (Lipinski definition) is 3. The van der Waals surface area contributed by atoms with Gasteiger partial charge in [0.25, 0.3) is 5.91 Å². The molecule has 0 saturated carbocycles. The quantitative estimate of drug-likeness (QED) is 0.649. The molecule has 0 fully saturated rings. The van der Waals surface area contributed by atoms with E-state index in [1.165, 1.54) is 0 Å². The van der Waals surface area contributed by atoms with Gasteiger partial charge in [-0.05, 0) is 42.7 Å². The molecule has 0 spiro atoms. The van der Waals surface area contributed by atoms with E-state index >= 15 is 0 Å². The molecule has 0 aromatic heterocycles. The first-order valence-electron chi connectivity index (χ1n) is 7.30. The molecule has 4 nitrogen and oxygen atoms in total. The number of carbonyl (C=O) groups is 1. The maximum Gasteiger partial charge on any atom is 0.277 e. The summed E-state index contributed by atoms with van der Waals surface area (Å²) in [6, 6.07) is 13.5. The lowest BCUT2D eigenvalue weighted by Crippen LogP contribution is -2.24. The van der Waals surface area contributed by atoms with Crippen molar-refractivity contribution < 1.29 is 9.53 Å². The summed E-state index contributed by atoms with van der Waals surface area (Å²) in [5.41, 5.74) is 5.42. The molecule has 0 radical (unpaired) electrons. The van der Waals surface area contributed by atoms with E-state index in [1.54, 1.807) is 18.3 Å². The summed E-state index contributed by atoms with van der Waals surface area (Å²) in [6.07, 6.45) is 2.32. The zero-order chi connectivity index (χ0) is 16.7. The molecule has 23 heavy (non-hydrogen) atoms. The predicted molar refractivity (Wildman–Crippen MR) is 93.2 cm³/mol. The lowest BCUT2D eigenvalue weighted by atomic mass is 10.1. The van der Waals surface area contributed by atoms with Gasteiger partial charge >= 0.3 is 0 Å². The van der Waals surface area contributed by atoms with E-state index < -0.39 is 0 Å². The third-order valence-corrected chi connectivity index (χ3v) is 3.83. The van der Waals surface area contributed by atoms with Gasteiger partial charge in [0.05, 0.1) is 0 Å². The Morgan fingerprint density at radius 1 is 1.22 bits per heavy atom. The zero-order valence-electron chi connectivity index (χ0n) is 13.2. The maximum absolute atomic E-state index is 11.7. The Hall–Kier alpha value is -2.33. The Bertz CT molecular complexity index is 676. The fraction of sp³-hybridized carbons (Fsp3) is 0.222. The summed E-state index contributed by atoms with van der Waals surface area (Å²) in [7, 11) is 0. The fourth-order valence-corrected chi connectivity index (χ4v) is 2.16. The number of aryl methyl sites for hydroxylation is 2. The second kappa shape index (κ2) is 8.34. The van der Waals surface area contributed by atoms with Crippen LogP contribution in [0.2, 0.25) is 5.02 Å². The molecule has 120 valence electrons. The SMILES string of the molecule is Cc1cc(OCC(=O)NN=CCc2ccccc2)cc(C)c1Cl. The molecule has 1 N–H and O–H groups in total. The van der Waals surface area contributed by atoms with Gasteiger partial charge < -0.3 is 4.74 Å². The molecule has 0 bridgehead atoms. The topological polar surface area (TPSA) is 50.7 Å². The highest BCUT2D eigenvalue weighted by molar-refractivity contribution is 6.32. The molecule has 2 aromatic carbocycles. The average Bonchev–Trinajstić information content (AvgIpc) is 2.55. The molecular weight excluding hydrogens is 312 g/mol. The number of hydrazone groups is 1. The number of nitrogens with zero attached hydrogens (tertiary/aromatic N) is 1. The minimum absolute atomic E-state index is 0.0941. The van der Waals surface area contributed by atoms with Crippen LogP contribution in [0.4, 0.5) is 0 Å². The van der Waals surface area contributed by atoms with Crippen LogP contribution in [0.25, 0.3) is 0 Å². The highest BCUT2D eigenvalue weighted by Crippen LogP contribution is 2.25. The molecule has 0 aliphatic heterocycles. The van der Waals surface area contributed by atoms with Gasteiger partial charge in [-0.25, -0.2) is 5.43 Å². The van der Waals surface area contributed by atoms with E-state index in [9.17, 15) is 4.79 Å². The number of carbonyl (C=O) groups excluding carboxylic acids is 1. The second-order valence-electron chi connectivity index (χ2n) is 5.20. The average molecular weight is 331 g/mol. The number of hydrogen-bond donors (Lipinski definition) is 1. The van der Waals surface area contributed by atoms with Crippen molar-refractivity contribution in [2.24, 2.45) is 5.10 Å². The number of amides is 1. The zero-order valence-corrected chi connectivity index (χ0v) is 13.9. The molecular formula is C18H19ClN2O2. The Labute approximate surface area is 141 Å². The van der Waals surface area contributed by atoms with E-state index in [2.05, 4.69) is 10.5 Å². The summed E-state index contributed by atoms with van der Waals surface area (Å²) in [5, 5.41) is 4.62. The summed E-state index contributed by atoms with van der Waals surface area (Å²) in [5.74, 6) is 0.312. The van der Waals surface area contributed by atoms with Crippen LogP contribution in [-0.2, 0) is 11.2 Å². The van der Waals surface area contributed by atoms with Crippen molar-refractivity contribution in [2.45, 2.75) is 20.3 Å². The van der Waals surface area contributed by atoms with Crippen LogP contribution >= 0.6 is 11.6 Å². The first-order chi connectivity index (χ1) is 11.1. The van der Waals surface area contributed by atoms with Crippen molar-refractivity contribution in [3.63, 3.8) is 0 Å². The Morgan fingerprint density at radius 3 is 2.52 bits per heavy atom. The van der Waals surface area contributed by atoms with Crippen LogP contribution in [0.15, 0.2) is 47.6 Å². The smallest absolute Gasteiger partial charge is 0.277 e. The standard InChI is InChI=1S/C18H19ClN2O2/c1-13-10-16(11-14(2)18(13)19)23-12-17(22)21-20-9-8-15-6-4-3-5-7-15/h3-7,9-11H,8,12H2,1-2H3,(H,21,22). The van der Waals surface area contributed by atoms with Crippen molar-refractivity contribution in [3.05, 3.63) is 64.2 Å². The van der Waals surface area contributed by atoms with Gasteiger partial charge in [-0.2, -0.15) is 5.10 Å². The number of halogens is 1. The van der Waals surface area contributed by atoms with Gasteiger partial charge in [-0.3, -0.25) is 4.79 Å². The van der Waals surface area contributed by atoms with Gasteiger partial charge in [-0.1, -0.05) is 41.9 Å². The number of benzene rings is 2. The summed E-state index contributed by atoms with van der Waals surface area (Å²) in [6.45, 7) is 3.70. The summed E-state index contributed by atoms with van der Waals surface area (Å²) < 4.78 is 5.46.